The maximum absolute atomic E-state index is 12.1. The quantitative estimate of drug-likeness (QED) is 0.791. The number of benzene rings is 2. The van der Waals surface area contributed by atoms with Gasteiger partial charge in [-0.15, -0.1) is 0 Å². The number of halogens is 1. The smallest absolute Gasteiger partial charge is 0.309 e. The van der Waals surface area contributed by atoms with E-state index < -0.39 is 17.4 Å². The standard InChI is InChI=1S/C20H21ClN2O3/c1-26-20(10-15-4-2-3-5-16(15)11-20)13-23-19(25)18(24)22-12-14-6-8-17(21)9-7-14/h2-9H,10-13H2,1H3,(H,22,24)(H,23,25). The van der Waals surface area contributed by atoms with Gasteiger partial charge in [-0.25, -0.2) is 0 Å². The number of carbonyl (C=O) groups is 2. The molecule has 26 heavy (non-hydrogen) atoms. The van der Waals surface area contributed by atoms with E-state index in [1.54, 1.807) is 31.4 Å². The van der Waals surface area contributed by atoms with E-state index in [0.717, 1.165) is 5.56 Å². The van der Waals surface area contributed by atoms with Crippen molar-refractivity contribution >= 4 is 23.4 Å². The van der Waals surface area contributed by atoms with E-state index in [1.165, 1.54) is 11.1 Å². The fourth-order valence-electron chi connectivity index (χ4n) is 3.19. The molecule has 0 aliphatic heterocycles. The van der Waals surface area contributed by atoms with Crippen molar-refractivity contribution in [2.24, 2.45) is 0 Å². The third-order valence-electron chi connectivity index (χ3n) is 4.72. The number of carbonyl (C=O) groups excluding carboxylic acids is 2. The number of ether oxygens (including phenoxy) is 1. The number of methoxy groups -OCH3 is 1. The van der Waals surface area contributed by atoms with Gasteiger partial charge in [0.2, 0.25) is 0 Å². The summed E-state index contributed by atoms with van der Waals surface area (Å²) in [5.74, 6) is -1.33. The molecule has 0 fully saturated rings. The summed E-state index contributed by atoms with van der Waals surface area (Å²) in [5.41, 5.74) is 2.80. The van der Waals surface area contributed by atoms with Crippen LogP contribution in [0.5, 0.6) is 0 Å². The van der Waals surface area contributed by atoms with Crippen LogP contribution in [0.1, 0.15) is 16.7 Å². The number of amides is 2. The van der Waals surface area contributed by atoms with Gasteiger partial charge in [-0.2, -0.15) is 0 Å². The summed E-state index contributed by atoms with van der Waals surface area (Å²) in [6.07, 6.45) is 1.43. The molecule has 2 aromatic rings. The van der Waals surface area contributed by atoms with Crippen LogP contribution in [0, 0.1) is 0 Å². The van der Waals surface area contributed by atoms with E-state index >= 15 is 0 Å². The molecule has 0 heterocycles. The highest BCUT2D eigenvalue weighted by atomic mass is 35.5. The lowest BCUT2D eigenvalue weighted by Gasteiger charge is -2.27. The first kappa shape index (κ1) is 18.4. The molecule has 136 valence electrons. The van der Waals surface area contributed by atoms with Gasteiger partial charge in [-0.3, -0.25) is 9.59 Å². The molecule has 0 aromatic heterocycles. The second-order valence-corrected chi connectivity index (χ2v) is 6.94. The topological polar surface area (TPSA) is 67.4 Å². The molecule has 6 heteroatoms. The average Bonchev–Trinajstić information content (AvgIpc) is 3.04. The van der Waals surface area contributed by atoms with Crippen molar-refractivity contribution in [3.05, 3.63) is 70.2 Å². The monoisotopic (exact) mass is 372 g/mol. The Morgan fingerprint density at radius 2 is 1.58 bits per heavy atom. The summed E-state index contributed by atoms with van der Waals surface area (Å²) < 4.78 is 5.69. The Kier molecular flexibility index (Phi) is 5.59. The lowest BCUT2D eigenvalue weighted by atomic mass is 10.00. The maximum atomic E-state index is 12.1. The Morgan fingerprint density at radius 1 is 1.00 bits per heavy atom. The van der Waals surface area contributed by atoms with E-state index in [0.29, 0.717) is 17.9 Å². The molecule has 3 rings (SSSR count). The van der Waals surface area contributed by atoms with Crippen LogP contribution in [0.15, 0.2) is 48.5 Å². The Bertz CT molecular complexity index is 780. The molecule has 0 atom stereocenters. The summed E-state index contributed by atoms with van der Waals surface area (Å²) in [7, 11) is 1.64. The van der Waals surface area contributed by atoms with Gasteiger partial charge in [-0.05, 0) is 28.8 Å². The molecule has 5 nitrogen and oxygen atoms in total. The second-order valence-electron chi connectivity index (χ2n) is 6.50. The number of rotatable bonds is 5. The zero-order valence-corrected chi connectivity index (χ0v) is 15.3. The Balaban J connectivity index is 1.51. The van der Waals surface area contributed by atoms with Crippen LogP contribution in [-0.4, -0.2) is 31.1 Å². The average molecular weight is 373 g/mol. The molecule has 2 amide bonds. The number of hydrogen-bond acceptors (Lipinski definition) is 3. The van der Waals surface area contributed by atoms with Gasteiger partial charge in [-0.1, -0.05) is 48.0 Å². The molecule has 2 aromatic carbocycles. The van der Waals surface area contributed by atoms with E-state index in [2.05, 4.69) is 22.8 Å². The molecule has 0 bridgehead atoms. The highest BCUT2D eigenvalue weighted by molar-refractivity contribution is 6.35. The van der Waals surface area contributed by atoms with Crippen molar-refractivity contribution in [2.45, 2.75) is 25.0 Å². The molecule has 0 saturated carbocycles. The Hall–Kier alpha value is -2.37. The fourth-order valence-corrected chi connectivity index (χ4v) is 3.31. The van der Waals surface area contributed by atoms with Gasteiger partial charge in [0.05, 0.1) is 5.60 Å². The molecular formula is C20H21ClN2O3. The molecule has 0 spiro atoms. The van der Waals surface area contributed by atoms with Crippen LogP contribution in [0.2, 0.25) is 5.02 Å². The largest absolute Gasteiger partial charge is 0.376 e. The van der Waals surface area contributed by atoms with E-state index in [-0.39, 0.29) is 13.1 Å². The third-order valence-corrected chi connectivity index (χ3v) is 4.97. The summed E-state index contributed by atoms with van der Waals surface area (Å²) >= 11 is 5.83. The first-order valence-corrected chi connectivity index (χ1v) is 8.81. The number of nitrogens with one attached hydrogen (secondary N) is 2. The van der Waals surface area contributed by atoms with Crippen LogP contribution < -0.4 is 10.6 Å². The van der Waals surface area contributed by atoms with E-state index in [9.17, 15) is 9.59 Å². The SMILES string of the molecule is COC1(CNC(=O)C(=O)NCc2ccc(Cl)cc2)Cc2ccccc2C1. The predicted molar refractivity (Wildman–Crippen MR) is 99.9 cm³/mol. The van der Waals surface area contributed by atoms with Crippen LogP contribution >= 0.6 is 11.6 Å². The van der Waals surface area contributed by atoms with E-state index in [4.69, 9.17) is 16.3 Å². The maximum Gasteiger partial charge on any atom is 0.309 e. The molecule has 0 unspecified atom stereocenters. The van der Waals surface area contributed by atoms with Crippen molar-refractivity contribution in [1.29, 1.82) is 0 Å². The Morgan fingerprint density at radius 3 is 2.15 bits per heavy atom. The van der Waals surface area contributed by atoms with Gasteiger partial charge in [0.15, 0.2) is 0 Å². The van der Waals surface area contributed by atoms with Crippen molar-refractivity contribution in [3.8, 4) is 0 Å². The fraction of sp³-hybridized carbons (Fsp3) is 0.300. The highest BCUT2D eigenvalue weighted by Crippen LogP contribution is 2.32. The minimum absolute atomic E-state index is 0.268. The normalized spacial score (nSPS) is 14.5. The lowest BCUT2D eigenvalue weighted by Crippen LogP contribution is -2.49. The lowest BCUT2D eigenvalue weighted by molar-refractivity contribution is -0.140. The molecule has 0 saturated heterocycles. The molecule has 1 aliphatic rings. The highest BCUT2D eigenvalue weighted by Gasteiger charge is 2.37. The van der Waals surface area contributed by atoms with Gasteiger partial charge in [0.1, 0.15) is 0 Å². The van der Waals surface area contributed by atoms with Crippen LogP contribution in [0.4, 0.5) is 0 Å². The summed E-state index contributed by atoms with van der Waals surface area (Å²) in [6.45, 7) is 0.551. The predicted octanol–water partition coefficient (Wildman–Crippen LogP) is 2.26. The zero-order valence-electron chi connectivity index (χ0n) is 14.5. The number of hydrogen-bond donors (Lipinski definition) is 2. The van der Waals surface area contributed by atoms with Gasteiger partial charge >= 0.3 is 11.8 Å². The van der Waals surface area contributed by atoms with Gasteiger partial charge in [0.25, 0.3) is 0 Å². The molecule has 2 N–H and O–H groups in total. The Labute approximate surface area is 157 Å². The minimum atomic E-state index is -0.665. The minimum Gasteiger partial charge on any atom is -0.376 e. The molecule has 1 aliphatic carbocycles. The summed E-state index contributed by atoms with van der Waals surface area (Å²) in [5, 5.41) is 5.93. The molecular weight excluding hydrogens is 352 g/mol. The zero-order chi connectivity index (χ0) is 18.6. The van der Waals surface area contributed by atoms with Crippen LogP contribution in [0.3, 0.4) is 0 Å². The third kappa shape index (κ3) is 4.23. The van der Waals surface area contributed by atoms with Crippen molar-refractivity contribution in [1.82, 2.24) is 10.6 Å². The summed E-state index contributed by atoms with van der Waals surface area (Å²) in [6, 6.07) is 15.2. The van der Waals surface area contributed by atoms with E-state index in [1.807, 2.05) is 12.1 Å². The van der Waals surface area contributed by atoms with Crippen molar-refractivity contribution in [3.63, 3.8) is 0 Å². The second kappa shape index (κ2) is 7.89. The first-order chi connectivity index (χ1) is 12.5. The van der Waals surface area contributed by atoms with Crippen molar-refractivity contribution < 1.29 is 14.3 Å². The van der Waals surface area contributed by atoms with Crippen LogP contribution in [0.25, 0.3) is 0 Å². The van der Waals surface area contributed by atoms with Gasteiger partial charge < -0.3 is 15.4 Å². The number of fused-ring (bicyclic) bond motifs is 1. The first-order valence-electron chi connectivity index (χ1n) is 8.44. The molecule has 0 radical (unpaired) electrons. The van der Waals surface area contributed by atoms with Gasteiger partial charge in [0, 0.05) is 38.1 Å². The summed E-state index contributed by atoms with van der Waals surface area (Å²) in [4.78, 5) is 24.1. The van der Waals surface area contributed by atoms with Crippen molar-refractivity contribution in [2.75, 3.05) is 13.7 Å². The van der Waals surface area contributed by atoms with Crippen LogP contribution in [-0.2, 0) is 33.7 Å².